The Morgan fingerprint density at radius 3 is 2.29 bits per heavy atom. The molecule has 0 saturated heterocycles. The molecule has 17 heavy (non-hydrogen) atoms. The summed E-state index contributed by atoms with van der Waals surface area (Å²) in [6.45, 7) is 6.55. The molecule has 0 radical (unpaired) electrons. The lowest BCUT2D eigenvalue weighted by Gasteiger charge is -2.23. The van der Waals surface area contributed by atoms with Crippen molar-refractivity contribution in [1.82, 2.24) is 0 Å². The topological polar surface area (TPSA) is 52.6 Å². The summed E-state index contributed by atoms with van der Waals surface area (Å²) in [4.78, 5) is 0. The molecule has 0 N–H and O–H groups in total. The zero-order valence-electron chi connectivity index (χ0n) is 11.7. The molecule has 0 fully saturated rings. The van der Waals surface area contributed by atoms with Crippen LogP contribution in [0, 0.1) is 5.92 Å². The predicted octanol–water partition coefficient (Wildman–Crippen LogP) is 2.58. The van der Waals surface area contributed by atoms with Crippen LogP contribution >= 0.6 is 0 Å². The molecule has 5 heteroatoms. The van der Waals surface area contributed by atoms with E-state index >= 15 is 0 Å². The van der Waals surface area contributed by atoms with Crippen LogP contribution < -0.4 is 0 Å². The third kappa shape index (κ3) is 10.7. The van der Waals surface area contributed by atoms with Crippen LogP contribution in [0.3, 0.4) is 0 Å². The standard InChI is InChI=1S/C12H26O4S/c1-11(8-10-16-17(5,13)14)7-6-9-12(2,3)15-4/h11H,6-10H2,1-5H3. The molecule has 0 aromatic carbocycles. The van der Waals surface area contributed by atoms with E-state index in [2.05, 4.69) is 20.8 Å². The second kappa shape index (κ2) is 7.34. The third-order valence-electron chi connectivity index (χ3n) is 2.94. The van der Waals surface area contributed by atoms with Gasteiger partial charge in [0.1, 0.15) is 0 Å². The molecule has 1 atom stereocenters. The molecule has 0 spiro atoms. The Morgan fingerprint density at radius 2 is 1.82 bits per heavy atom. The Morgan fingerprint density at radius 1 is 1.24 bits per heavy atom. The fraction of sp³-hybridized carbons (Fsp3) is 1.00. The van der Waals surface area contributed by atoms with Gasteiger partial charge in [0, 0.05) is 7.11 Å². The van der Waals surface area contributed by atoms with Crippen molar-refractivity contribution >= 4 is 10.1 Å². The Hall–Kier alpha value is -0.130. The van der Waals surface area contributed by atoms with Crippen molar-refractivity contribution in [3.8, 4) is 0 Å². The lowest BCUT2D eigenvalue weighted by molar-refractivity contribution is 0.0126. The summed E-state index contributed by atoms with van der Waals surface area (Å²) in [6, 6.07) is 0. The van der Waals surface area contributed by atoms with Crippen LogP contribution in [-0.2, 0) is 19.0 Å². The van der Waals surface area contributed by atoms with Crippen LogP contribution in [-0.4, -0.2) is 34.0 Å². The van der Waals surface area contributed by atoms with Crippen molar-refractivity contribution in [2.75, 3.05) is 20.0 Å². The van der Waals surface area contributed by atoms with Crippen molar-refractivity contribution in [1.29, 1.82) is 0 Å². The van der Waals surface area contributed by atoms with Crippen LogP contribution in [0.15, 0.2) is 0 Å². The highest BCUT2D eigenvalue weighted by atomic mass is 32.2. The molecule has 0 aromatic heterocycles. The zero-order chi connectivity index (χ0) is 13.5. The normalized spacial score (nSPS) is 14.9. The van der Waals surface area contributed by atoms with Gasteiger partial charge in [-0.1, -0.05) is 19.8 Å². The van der Waals surface area contributed by atoms with Gasteiger partial charge in [0.25, 0.3) is 10.1 Å². The Balaban J connectivity index is 3.64. The molecule has 0 amide bonds. The minimum atomic E-state index is -3.29. The van der Waals surface area contributed by atoms with Gasteiger partial charge in [0.05, 0.1) is 18.5 Å². The van der Waals surface area contributed by atoms with Crippen LogP contribution in [0.4, 0.5) is 0 Å². The molecule has 0 aliphatic heterocycles. The highest BCUT2D eigenvalue weighted by Crippen LogP contribution is 2.20. The van der Waals surface area contributed by atoms with Gasteiger partial charge in [-0.15, -0.1) is 0 Å². The predicted molar refractivity (Wildman–Crippen MR) is 69.5 cm³/mol. The molecule has 0 saturated carbocycles. The lowest BCUT2D eigenvalue weighted by Crippen LogP contribution is -2.22. The van der Waals surface area contributed by atoms with Gasteiger partial charge in [-0.3, -0.25) is 4.18 Å². The van der Waals surface area contributed by atoms with Crippen molar-refractivity contribution < 1.29 is 17.3 Å². The highest BCUT2D eigenvalue weighted by molar-refractivity contribution is 7.85. The van der Waals surface area contributed by atoms with Gasteiger partial charge in [-0.05, 0) is 32.6 Å². The number of ether oxygens (including phenoxy) is 1. The Kier molecular flexibility index (Phi) is 7.28. The van der Waals surface area contributed by atoms with E-state index in [1.807, 2.05) is 0 Å². The maximum atomic E-state index is 10.8. The first-order valence-electron chi connectivity index (χ1n) is 6.06. The van der Waals surface area contributed by atoms with Gasteiger partial charge < -0.3 is 4.74 Å². The zero-order valence-corrected chi connectivity index (χ0v) is 12.5. The average molecular weight is 266 g/mol. The first-order valence-corrected chi connectivity index (χ1v) is 7.87. The first kappa shape index (κ1) is 16.9. The molecule has 104 valence electrons. The van der Waals surface area contributed by atoms with Crippen molar-refractivity contribution in [2.24, 2.45) is 5.92 Å². The third-order valence-corrected chi connectivity index (χ3v) is 3.53. The lowest BCUT2D eigenvalue weighted by atomic mass is 9.95. The summed E-state index contributed by atoms with van der Waals surface area (Å²) < 4.78 is 31.6. The van der Waals surface area contributed by atoms with Gasteiger partial charge in [-0.2, -0.15) is 8.42 Å². The average Bonchev–Trinajstić information content (AvgIpc) is 2.15. The van der Waals surface area contributed by atoms with Gasteiger partial charge in [0.2, 0.25) is 0 Å². The summed E-state index contributed by atoms with van der Waals surface area (Å²) in [6.07, 6.45) is 5.03. The fourth-order valence-electron chi connectivity index (χ4n) is 1.52. The number of methoxy groups -OCH3 is 1. The number of hydrogen-bond acceptors (Lipinski definition) is 4. The van der Waals surface area contributed by atoms with Gasteiger partial charge in [0.15, 0.2) is 0 Å². The Bertz CT molecular complexity index is 296. The minimum absolute atomic E-state index is 0.0665. The van der Waals surface area contributed by atoms with E-state index in [1.165, 1.54) is 0 Å². The second-order valence-electron chi connectivity index (χ2n) is 5.28. The van der Waals surface area contributed by atoms with Crippen molar-refractivity contribution in [3.63, 3.8) is 0 Å². The molecular formula is C12H26O4S. The van der Waals surface area contributed by atoms with Crippen LogP contribution in [0.2, 0.25) is 0 Å². The van der Waals surface area contributed by atoms with E-state index in [9.17, 15) is 8.42 Å². The molecule has 0 aliphatic rings. The molecule has 0 aromatic rings. The molecule has 0 heterocycles. The van der Waals surface area contributed by atoms with Crippen molar-refractivity contribution in [3.05, 3.63) is 0 Å². The van der Waals surface area contributed by atoms with E-state index < -0.39 is 10.1 Å². The molecular weight excluding hydrogens is 240 g/mol. The van der Waals surface area contributed by atoms with Gasteiger partial charge >= 0.3 is 0 Å². The monoisotopic (exact) mass is 266 g/mol. The Labute approximate surface area is 106 Å². The summed E-state index contributed by atoms with van der Waals surface area (Å²) in [5, 5.41) is 0. The molecule has 1 unspecified atom stereocenters. The first-order chi connectivity index (χ1) is 7.66. The van der Waals surface area contributed by atoms with E-state index in [1.54, 1.807) is 7.11 Å². The van der Waals surface area contributed by atoms with E-state index in [0.29, 0.717) is 5.92 Å². The minimum Gasteiger partial charge on any atom is -0.379 e. The molecule has 0 aliphatic carbocycles. The summed E-state index contributed by atoms with van der Waals surface area (Å²) in [5.74, 6) is 0.476. The van der Waals surface area contributed by atoms with Crippen LogP contribution in [0.25, 0.3) is 0 Å². The van der Waals surface area contributed by atoms with Crippen LogP contribution in [0.1, 0.15) is 46.5 Å². The van der Waals surface area contributed by atoms with E-state index in [-0.39, 0.29) is 12.2 Å². The van der Waals surface area contributed by atoms with Crippen molar-refractivity contribution in [2.45, 2.75) is 52.1 Å². The van der Waals surface area contributed by atoms with Crippen LogP contribution in [0.5, 0.6) is 0 Å². The maximum absolute atomic E-state index is 10.8. The van der Waals surface area contributed by atoms with E-state index in [4.69, 9.17) is 8.92 Å². The summed E-state index contributed by atoms with van der Waals surface area (Å²) in [5.41, 5.74) is -0.0665. The number of hydrogen-bond donors (Lipinski definition) is 0. The molecule has 0 bridgehead atoms. The largest absolute Gasteiger partial charge is 0.379 e. The second-order valence-corrected chi connectivity index (χ2v) is 6.92. The molecule has 4 nitrogen and oxygen atoms in total. The van der Waals surface area contributed by atoms with E-state index in [0.717, 1.165) is 31.9 Å². The SMILES string of the molecule is COC(C)(C)CCCC(C)CCOS(C)(=O)=O. The quantitative estimate of drug-likeness (QED) is 0.602. The smallest absolute Gasteiger partial charge is 0.264 e. The summed E-state index contributed by atoms with van der Waals surface area (Å²) in [7, 11) is -1.56. The fourth-order valence-corrected chi connectivity index (χ4v) is 1.92. The highest BCUT2D eigenvalue weighted by Gasteiger charge is 2.16. The summed E-state index contributed by atoms with van der Waals surface area (Å²) >= 11 is 0. The molecule has 0 rings (SSSR count). The van der Waals surface area contributed by atoms with Gasteiger partial charge in [-0.25, -0.2) is 0 Å². The maximum Gasteiger partial charge on any atom is 0.264 e. The number of rotatable bonds is 9.